The summed E-state index contributed by atoms with van der Waals surface area (Å²) in [5.41, 5.74) is 0. The molecule has 0 radical (unpaired) electrons. The Morgan fingerprint density at radius 2 is 2.33 bits per heavy atom. The van der Waals surface area contributed by atoms with Gasteiger partial charge in [-0.25, -0.2) is 0 Å². The van der Waals surface area contributed by atoms with Crippen LogP contribution in [0.4, 0.5) is 0 Å². The molecule has 72 valence electrons. The molecule has 0 saturated carbocycles. The molecule has 1 fully saturated rings. The molecule has 1 unspecified atom stereocenters. The molecule has 0 bridgehead atoms. The van der Waals surface area contributed by atoms with Crippen molar-refractivity contribution in [2.45, 2.75) is 31.8 Å². The van der Waals surface area contributed by atoms with E-state index in [-0.39, 0.29) is 0 Å². The zero-order valence-electron chi connectivity index (χ0n) is 7.43. The highest BCUT2D eigenvalue weighted by atomic mass is 35.5. The first-order chi connectivity index (χ1) is 5.93. The lowest BCUT2D eigenvalue weighted by Gasteiger charge is -2.07. The van der Waals surface area contributed by atoms with Crippen LogP contribution in [-0.4, -0.2) is 30.1 Å². The van der Waals surface area contributed by atoms with E-state index in [2.05, 4.69) is 0 Å². The van der Waals surface area contributed by atoms with Gasteiger partial charge in [-0.15, -0.1) is 11.6 Å². The number of alkyl halides is 1. The predicted molar refractivity (Wildman–Crippen MR) is 56.3 cm³/mol. The monoisotopic (exact) mass is 208 g/mol. The fraction of sp³-hybridized carbons (Fsp3) is 1.00. The molecular formula is C9H17ClOS. The average molecular weight is 209 g/mol. The summed E-state index contributed by atoms with van der Waals surface area (Å²) in [6, 6.07) is 0. The van der Waals surface area contributed by atoms with Crippen LogP contribution in [0.3, 0.4) is 0 Å². The second-order valence-corrected chi connectivity index (χ2v) is 4.63. The van der Waals surface area contributed by atoms with Crippen LogP contribution in [0.5, 0.6) is 0 Å². The summed E-state index contributed by atoms with van der Waals surface area (Å²) < 4.78 is 5.51. The predicted octanol–water partition coefficient (Wildman–Crippen LogP) is 2.92. The van der Waals surface area contributed by atoms with Gasteiger partial charge in [0.25, 0.3) is 0 Å². The maximum atomic E-state index is 5.57. The van der Waals surface area contributed by atoms with Crippen LogP contribution in [-0.2, 0) is 4.74 Å². The minimum absolute atomic E-state index is 0.547. The average Bonchev–Trinajstić information content (AvgIpc) is 2.57. The Hall–Kier alpha value is 0.600. The van der Waals surface area contributed by atoms with E-state index in [1.54, 1.807) is 0 Å². The summed E-state index contributed by atoms with van der Waals surface area (Å²) in [5.74, 6) is 3.23. The first-order valence-electron chi connectivity index (χ1n) is 4.69. The van der Waals surface area contributed by atoms with Crippen LogP contribution in [0, 0.1) is 0 Å². The molecule has 1 aliphatic heterocycles. The third-order valence-electron chi connectivity index (χ3n) is 2.00. The summed E-state index contributed by atoms with van der Waals surface area (Å²) >= 11 is 7.58. The Morgan fingerprint density at radius 1 is 1.42 bits per heavy atom. The normalized spacial score (nSPS) is 23.2. The van der Waals surface area contributed by atoms with Crippen molar-refractivity contribution in [3.05, 3.63) is 0 Å². The lowest BCUT2D eigenvalue weighted by atomic mass is 10.3. The molecule has 1 rings (SSSR count). The van der Waals surface area contributed by atoms with E-state index >= 15 is 0 Å². The van der Waals surface area contributed by atoms with Gasteiger partial charge in [0.2, 0.25) is 0 Å². The zero-order valence-corrected chi connectivity index (χ0v) is 9.00. The van der Waals surface area contributed by atoms with E-state index in [9.17, 15) is 0 Å². The minimum atomic E-state index is 0.547. The molecule has 0 aromatic heterocycles. The Bertz CT molecular complexity index is 105. The van der Waals surface area contributed by atoms with Gasteiger partial charge in [0, 0.05) is 18.2 Å². The molecule has 1 aliphatic rings. The fourth-order valence-corrected chi connectivity index (χ4v) is 2.58. The van der Waals surface area contributed by atoms with E-state index in [1.165, 1.54) is 30.8 Å². The topological polar surface area (TPSA) is 9.23 Å². The molecule has 1 nitrogen and oxygen atoms in total. The summed E-state index contributed by atoms with van der Waals surface area (Å²) in [4.78, 5) is 0. The third-order valence-corrected chi connectivity index (χ3v) is 3.45. The standard InChI is InChI=1S/C9H17ClOS/c10-5-1-2-7-12-8-9-4-3-6-11-9/h9H,1-8H2. The molecule has 1 atom stereocenters. The summed E-state index contributed by atoms with van der Waals surface area (Å²) in [6.45, 7) is 0.979. The lowest BCUT2D eigenvalue weighted by molar-refractivity contribution is 0.129. The van der Waals surface area contributed by atoms with Crippen molar-refractivity contribution in [2.75, 3.05) is 24.0 Å². The fourth-order valence-electron chi connectivity index (χ4n) is 1.29. The summed E-state index contributed by atoms with van der Waals surface area (Å²) in [7, 11) is 0. The second kappa shape index (κ2) is 7.05. The maximum absolute atomic E-state index is 5.57. The van der Waals surface area contributed by atoms with E-state index in [0.717, 1.165) is 18.9 Å². The van der Waals surface area contributed by atoms with Crippen LogP contribution in [0.15, 0.2) is 0 Å². The Labute approximate surface area is 84.2 Å². The van der Waals surface area contributed by atoms with Crippen molar-refractivity contribution < 1.29 is 4.74 Å². The minimum Gasteiger partial charge on any atom is -0.377 e. The van der Waals surface area contributed by atoms with Crippen LogP contribution in [0.25, 0.3) is 0 Å². The van der Waals surface area contributed by atoms with Gasteiger partial charge in [0.15, 0.2) is 0 Å². The molecule has 0 aliphatic carbocycles. The maximum Gasteiger partial charge on any atom is 0.0666 e. The van der Waals surface area contributed by atoms with Gasteiger partial charge in [-0.1, -0.05) is 0 Å². The highest BCUT2D eigenvalue weighted by Gasteiger charge is 2.14. The quantitative estimate of drug-likeness (QED) is 0.491. The van der Waals surface area contributed by atoms with Gasteiger partial charge in [0.05, 0.1) is 6.10 Å². The number of ether oxygens (including phenoxy) is 1. The van der Waals surface area contributed by atoms with Gasteiger partial charge < -0.3 is 4.74 Å². The number of halogens is 1. The van der Waals surface area contributed by atoms with Crippen molar-refractivity contribution in [3.63, 3.8) is 0 Å². The molecule has 0 amide bonds. The van der Waals surface area contributed by atoms with Crippen molar-refractivity contribution in [1.29, 1.82) is 0 Å². The summed E-state index contributed by atoms with van der Waals surface area (Å²) in [5, 5.41) is 0. The summed E-state index contributed by atoms with van der Waals surface area (Å²) in [6.07, 6.45) is 5.47. The molecule has 0 aromatic rings. The molecule has 3 heteroatoms. The number of thioether (sulfide) groups is 1. The Balaban J connectivity index is 1.81. The first-order valence-corrected chi connectivity index (χ1v) is 6.37. The molecule has 12 heavy (non-hydrogen) atoms. The highest BCUT2D eigenvalue weighted by molar-refractivity contribution is 7.99. The third kappa shape index (κ3) is 4.58. The van der Waals surface area contributed by atoms with Crippen molar-refractivity contribution in [1.82, 2.24) is 0 Å². The largest absolute Gasteiger partial charge is 0.377 e. The Morgan fingerprint density at radius 3 is 3.00 bits per heavy atom. The SMILES string of the molecule is ClCCCCSCC1CCCO1. The first kappa shape index (κ1) is 10.7. The molecule has 1 heterocycles. The molecule has 1 saturated heterocycles. The van der Waals surface area contributed by atoms with Crippen LogP contribution in [0.2, 0.25) is 0 Å². The number of rotatable bonds is 6. The molecule has 0 spiro atoms. The smallest absolute Gasteiger partial charge is 0.0666 e. The van der Waals surface area contributed by atoms with Crippen LogP contribution >= 0.6 is 23.4 Å². The van der Waals surface area contributed by atoms with Crippen molar-refractivity contribution >= 4 is 23.4 Å². The van der Waals surface area contributed by atoms with Crippen LogP contribution in [0.1, 0.15) is 25.7 Å². The molecular weight excluding hydrogens is 192 g/mol. The van der Waals surface area contributed by atoms with Gasteiger partial charge >= 0.3 is 0 Å². The van der Waals surface area contributed by atoms with Crippen LogP contribution < -0.4 is 0 Å². The van der Waals surface area contributed by atoms with Gasteiger partial charge in [0.1, 0.15) is 0 Å². The van der Waals surface area contributed by atoms with Gasteiger partial charge in [-0.2, -0.15) is 11.8 Å². The highest BCUT2D eigenvalue weighted by Crippen LogP contribution is 2.17. The second-order valence-electron chi connectivity index (χ2n) is 3.11. The van der Waals surface area contributed by atoms with Crippen molar-refractivity contribution in [3.8, 4) is 0 Å². The van der Waals surface area contributed by atoms with E-state index in [0.29, 0.717) is 6.10 Å². The van der Waals surface area contributed by atoms with E-state index in [4.69, 9.17) is 16.3 Å². The number of hydrogen-bond acceptors (Lipinski definition) is 2. The number of unbranched alkanes of at least 4 members (excludes halogenated alkanes) is 1. The van der Waals surface area contributed by atoms with E-state index < -0.39 is 0 Å². The number of hydrogen-bond donors (Lipinski definition) is 0. The van der Waals surface area contributed by atoms with Gasteiger partial charge in [-0.3, -0.25) is 0 Å². The van der Waals surface area contributed by atoms with Crippen molar-refractivity contribution in [2.24, 2.45) is 0 Å². The van der Waals surface area contributed by atoms with E-state index in [1.807, 2.05) is 11.8 Å². The Kier molecular flexibility index (Phi) is 6.27. The molecule has 0 N–H and O–H groups in total. The lowest BCUT2D eigenvalue weighted by Crippen LogP contribution is -2.08. The van der Waals surface area contributed by atoms with Gasteiger partial charge in [-0.05, 0) is 31.4 Å². The molecule has 0 aromatic carbocycles. The zero-order chi connectivity index (χ0) is 8.65.